The van der Waals surface area contributed by atoms with Crippen molar-refractivity contribution in [3.63, 3.8) is 0 Å². The van der Waals surface area contributed by atoms with E-state index < -0.39 is 0 Å². The lowest BCUT2D eigenvalue weighted by atomic mass is 10.1. The third kappa shape index (κ3) is 2.81. The minimum absolute atomic E-state index is 0.0514. The number of carbonyl (C=O) groups excluding carboxylic acids is 1. The number of hydrogen-bond donors (Lipinski definition) is 1. The highest BCUT2D eigenvalue weighted by Gasteiger charge is 2.44. The summed E-state index contributed by atoms with van der Waals surface area (Å²) < 4.78 is 1.87. The van der Waals surface area contributed by atoms with Crippen LogP contribution in [0.2, 0.25) is 5.02 Å². The molecule has 110 valence electrons. The molecule has 1 aliphatic rings. The Balaban J connectivity index is 1.65. The minimum Gasteiger partial charge on any atom is -0.323 e. The summed E-state index contributed by atoms with van der Waals surface area (Å²) in [6, 6.07) is 7.75. The van der Waals surface area contributed by atoms with Crippen molar-refractivity contribution in [2.75, 3.05) is 5.32 Å². The van der Waals surface area contributed by atoms with E-state index in [1.165, 1.54) is 5.56 Å². The van der Waals surface area contributed by atoms with Gasteiger partial charge in [0.05, 0.1) is 17.6 Å². The van der Waals surface area contributed by atoms with Crippen molar-refractivity contribution in [3.8, 4) is 0 Å². The first-order valence-electron chi connectivity index (χ1n) is 7.19. The smallest absolute Gasteiger partial charge is 0.228 e. The summed E-state index contributed by atoms with van der Waals surface area (Å²) in [6.07, 6.45) is 2.62. The van der Waals surface area contributed by atoms with Gasteiger partial charge < -0.3 is 5.32 Å². The van der Waals surface area contributed by atoms with E-state index in [1.807, 2.05) is 42.8 Å². The lowest BCUT2D eigenvalue weighted by Gasteiger charge is -2.05. The maximum atomic E-state index is 12.3. The highest BCUT2D eigenvalue weighted by atomic mass is 35.5. The normalized spacial score (nSPS) is 20.3. The zero-order chi connectivity index (χ0) is 15.0. The number of nitrogens with one attached hydrogen (secondary N) is 1. The Hall–Kier alpha value is -1.81. The SMILES string of the molecule is CCn1ncc(NC(=O)C2CC2c2ccc(Cl)cc2)c1C. The van der Waals surface area contributed by atoms with Gasteiger partial charge in [-0.05, 0) is 43.9 Å². The first-order chi connectivity index (χ1) is 10.1. The highest BCUT2D eigenvalue weighted by Crippen LogP contribution is 2.48. The van der Waals surface area contributed by atoms with Gasteiger partial charge in [0, 0.05) is 17.5 Å². The molecule has 1 fully saturated rings. The van der Waals surface area contributed by atoms with E-state index in [2.05, 4.69) is 10.4 Å². The predicted molar refractivity (Wildman–Crippen MR) is 83.6 cm³/mol. The van der Waals surface area contributed by atoms with Gasteiger partial charge in [-0.2, -0.15) is 5.10 Å². The predicted octanol–water partition coefficient (Wildman–Crippen LogP) is 3.61. The molecule has 5 heteroatoms. The summed E-state index contributed by atoms with van der Waals surface area (Å²) in [5, 5.41) is 7.96. The number of carbonyl (C=O) groups is 1. The summed E-state index contributed by atoms with van der Waals surface area (Å²) in [6.45, 7) is 4.80. The molecule has 1 amide bonds. The van der Waals surface area contributed by atoms with E-state index in [0.717, 1.165) is 29.4 Å². The standard InChI is InChI=1S/C16H18ClN3O/c1-3-20-10(2)15(9-18-20)19-16(21)14-8-13(14)11-4-6-12(17)7-5-11/h4-7,9,13-14H,3,8H2,1-2H3,(H,19,21). The van der Waals surface area contributed by atoms with Crippen LogP contribution in [0, 0.1) is 12.8 Å². The van der Waals surface area contributed by atoms with Gasteiger partial charge in [0.2, 0.25) is 5.91 Å². The third-order valence-electron chi connectivity index (χ3n) is 4.09. The molecular formula is C16H18ClN3O. The van der Waals surface area contributed by atoms with Crippen LogP contribution in [0.25, 0.3) is 0 Å². The van der Waals surface area contributed by atoms with Crippen LogP contribution in [0.4, 0.5) is 5.69 Å². The molecule has 1 aromatic heterocycles. The summed E-state index contributed by atoms with van der Waals surface area (Å²) in [4.78, 5) is 12.3. The molecule has 0 aliphatic heterocycles. The van der Waals surface area contributed by atoms with E-state index in [1.54, 1.807) is 6.20 Å². The van der Waals surface area contributed by atoms with Crippen LogP contribution in [0.15, 0.2) is 30.5 Å². The summed E-state index contributed by atoms with van der Waals surface area (Å²) in [7, 11) is 0. The van der Waals surface area contributed by atoms with Crippen LogP contribution in [0.5, 0.6) is 0 Å². The summed E-state index contributed by atoms with van der Waals surface area (Å²) in [5.41, 5.74) is 2.98. The largest absolute Gasteiger partial charge is 0.323 e. The average Bonchev–Trinajstić information content (AvgIpc) is 3.20. The Morgan fingerprint density at radius 1 is 1.43 bits per heavy atom. The van der Waals surface area contributed by atoms with Gasteiger partial charge in [0.1, 0.15) is 0 Å². The highest BCUT2D eigenvalue weighted by molar-refractivity contribution is 6.30. The Labute approximate surface area is 129 Å². The zero-order valence-corrected chi connectivity index (χ0v) is 12.9. The van der Waals surface area contributed by atoms with Gasteiger partial charge in [-0.15, -0.1) is 0 Å². The molecule has 1 aromatic carbocycles. The van der Waals surface area contributed by atoms with E-state index >= 15 is 0 Å². The second-order valence-corrected chi connectivity index (χ2v) is 5.89. The summed E-state index contributed by atoms with van der Waals surface area (Å²) >= 11 is 5.89. The Kier molecular flexibility index (Phi) is 3.72. The van der Waals surface area contributed by atoms with Crippen molar-refractivity contribution in [2.45, 2.75) is 32.7 Å². The van der Waals surface area contributed by atoms with Crippen molar-refractivity contribution < 1.29 is 4.79 Å². The van der Waals surface area contributed by atoms with Crippen molar-refractivity contribution in [1.82, 2.24) is 9.78 Å². The first kappa shape index (κ1) is 14.1. The minimum atomic E-state index is 0.0514. The van der Waals surface area contributed by atoms with Gasteiger partial charge in [-0.1, -0.05) is 23.7 Å². The van der Waals surface area contributed by atoms with Gasteiger partial charge >= 0.3 is 0 Å². The van der Waals surface area contributed by atoms with E-state index in [0.29, 0.717) is 5.92 Å². The number of amides is 1. The van der Waals surface area contributed by atoms with Gasteiger partial charge in [-0.3, -0.25) is 9.48 Å². The second-order valence-electron chi connectivity index (χ2n) is 5.45. The number of benzene rings is 1. The number of anilines is 1. The van der Waals surface area contributed by atoms with Crippen LogP contribution >= 0.6 is 11.6 Å². The number of rotatable bonds is 4. The molecule has 21 heavy (non-hydrogen) atoms. The molecule has 0 spiro atoms. The van der Waals surface area contributed by atoms with Gasteiger partial charge in [0.25, 0.3) is 0 Å². The second kappa shape index (κ2) is 5.53. The molecule has 2 atom stereocenters. The first-order valence-corrected chi connectivity index (χ1v) is 7.56. The molecule has 1 aliphatic carbocycles. The molecule has 1 N–H and O–H groups in total. The maximum absolute atomic E-state index is 12.3. The van der Waals surface area contributed by atoms with E-state index in [4.69, 9.17) is 11.6 Å². The molecule has 1 saturated carbocycles. The Morgan fingerprint density at radius 2 is 2.14 bits per heavy atom. The number of nitrogens with zero attached hydrogens (tertiary/aromatic N) is 2. The third-order valence-corrected chi connectivity index (χ3v) is 4.34. The molecule has 1 heterocycles. The lowest BCUT2D eigenvalue weighted by molar-refractivity contribution is -0.117. The molecule has 0 bridgehead atoms. The average molecular weight is 304 g/mol. The topological polar surface area (TPSA) is 46.9 Å². The number of aromatic nitrogens is 2. The molecular weight excluding hydrogens is 286 g/mol. The molecule has 4 nitrogen and oxygen atoms in total. The quantitative estimate of drug-likeness (QED) is 0.938. The van der Waals surface area contributed by atoms with Crippen molar-refractivity contribution in [3.05, 3.63) is 46.7 Å². The van der Waals surface area contributed by atoms with Crippen molar-refractivity contribution >= 4 is 23.2 Å². The van der Waals surface area contributed by atoms with Crippen molar-refractivity contribution in [1.29, 1.82) is 0 Å². The fourth-order valence-electron chi connectivity index (χ4n) is 2.68. The number of halogens is 1. The van der Waals surface area contributed by atoms with Crippen molar-refractivity contribution in [2.24, 2.45) is 5.92 Å². The zero-order valence-electron chi connectivity index (χ0n) is 12.1. The van der Waals surface area contributed by atoms with Crippen LogP contribution in [0.1, 0.15) is 30.5 Å². The Morgan fingerprint density at radius 3 is 2.76 bits per heavy atom. The number of aryl methyl sites for hydroxylation is 1. The fourth-order valence-corrected chi connectivity index (χ4v) is 2.80. The number of hydrogen-bond acceptors (Lipinski definition) is 2. The molecule has 2 aromatic rings. The lowest BCUT2D eigenvalue weighted by Crippen LogP contribution is -2.15. The van der Waals surface area contributed by atoms with Crippen LogP contribution < -0.4 is 5.32 Å². The summed E-state index contributed by atoms with van der Waals surface area (Å²) in [5.74, 6) is 0.438. The van der Waals surface area contributed by atoms with Gasteiger partial charge in [0.15, 0.2) is 0 Å². The Bertz CT molecular complexity index is 663. The van der Waals surface area contributed by atoms with Gasteiger partial charge in [-0.25, -0.2) is 0 Å². The molecule has 0 radical (unpaired) electrons. The van der Waals surface area contributed by atoms with E-state index in [-0.39, 0.29) is 11.8 Å². The monoisotopic (exact) mass is 303 g/mol. The van der Waals surface area contributed by atoms with E-state index in [9.17, 15) is 4.79 Å². The maximum Gasteiger partial charge on any atom is 0.228 e. The molecule has 0 saturated heterocycles. The molecule has 2 unspecified atom stereocenters. The van der Waals surface area contributed by atoms with Crippen LogP contribution in [0.3, 0.4) is 0 Å². The van der Waals surface area contributed by atoms with Crippen LogP contribution in [-0.4, -0.2) is 15.7 Å². The fraction of sp³-hybridized carbons (Fsp3) is 0.375. The molecule has 3 rings (SSSR count). The van der Waals surface area contributed by atoms with Crippen LogP contribution in [-0.2, 0) is 11.3 Å².